The van der Waals surface area contributed by atoms with E-state index < -0.39 is 0 Å². The molecular formula is C14H23NO2. The molecule has 0 saturated carbocycles. The van der Waals surface area contributed by atoms with E-state index in [-0.39, 0.29) is 11.5 Å². The molecule has 0 saturated heterocycles. The van der Waals surface area contributed by atoms with E-state index in [1.807, 2.05) is 18.2 Å². The van der Waals surface area contributed by atoms with E-state index in [1.165, 1.54) is 0 Å². The minimum Gasteiger partial charge on any atom is -0.497 e. The Balaban J connectivity index is 3.12. The first-order chi connectivity index (χ1) is 7.94. The molecule has 1 aromatic rings. The summed E-state index contributed by atoms with van der Waals surface area (Å²) in [6.45, 7) is 6.49. The van der Waals surface area contributed by atoms with Crippen LogP contribution in [0.4, 0.5) is 0 Å². The summed E-state index contributed by atoms with van der Waals surface area (Å²) in [6, 6.07) is 5.78. The van der Waals surface area contributed by atoms with E-state index >= 15 is 0 Å². The molecule has 0 fully saturated rings. The van der Waals surface area contributed by atoms with Gasteiger partial charge >= 0.3 is 0 Å². The maximum absolute atomic E-state index is 6.32. The fourth-order valence-electron chi connectivity index (χ4n) is 1.68. The molecular weight excluding hydrogens is 214 g/mol. The van der Waals surface area contributed by atoms with Crippen molar-refractivity contribution < 1.29 is 9.47 Å². The predicted octanol–water partition coefficient (Wildman–Crippen LogP) is 3.14. The van der Waals surface area contributed by atoms with Crippen LogP contribution in [0, 0.1) is 5.41 Å². The van der Waals surface area contributed by atoms with Gasteiger partial charge in [-0.15, -0.1) is 0 Å². The van der Waals surface area contributed by atoms with Crippen molar-refractivity contribution in [2.45, 2.75) is 33.2 Å². The molecule has 17 heavy (non-hydrogen) atoms. The van der Waals surface area contributed by atoms with Crippen molar-refractivity contribution in [2.75, 3.05) is 14.2 Å². The highest BCUT2D eigenvalue weighted by molar-refractivity contribution is 5.40. The molecule has 0 aromatic heterocycles. The molecule has 1 rings (SSSR count). The smallest absolute Gasteiger partial charge is 0.122 e. The van der Waals surface area contributed by atoms with Gasteiger partial charge in [-0.3, -0.25) is 0 Å². The van der Waals surface area contributed by atoms with E-state index in [4.69, 9.17) is 15.2 Å². The number of hydrogen-bond acceptors (Lipinski definition) is 3. The molecule has 3 heteroatoms. The third-order valence-electron chi connectivity index (χ3n) is 3.49. The molecule has 2 N–H and O–H groups in total. The van der Waals surface area contributed by atoms with Crippen LogP contribution in [-0.2, 0) is 0 Å². The highest BCUT2D eigenvalue weighted by Gasteiger charge is 2.26. The van der Waals surface area contributed by atoms with Crippen molar-refractivity contribution in [2.24, 2.45) is 11.1 Å². The van der Waals surface area contributed by atoms with E-state index in [0.717, 1.165) is 23.5 Å². The second-order valence-electron chi connectivity index (χ2n) is 4.97. The second-order valence-corrected chi connectivity index (χ2v) is 4.97. The Bertz CT molecular complexity index is 352. The average Bonchev–Trinajstić information content (AvgIpc) is 2.36. The van der Waals surface area contributed by atoms with Gasteiger partial charge in [-0.25, -0.2) is 0 Å². The summed E-state index contributed by atoms with van der Waals surface area (Å²) in [5.74, 6) is 1.56. The maximum atomic E-state index is 6.32. The molecule has 0 spiro atoms. The number of methoxy groups -OCH3 is 2. The number of rotatable bonds is 5. The van der Waals surface area contributed by atoms with Crippen LogP contribution in [0.2, 0.25) is 0 Å². The van der Waals surface area contributed by atoms with Crippen LogP contribution in [0.25, 0.3) is 0 Å². The van der Waals surface area contributed by atoms with Gasteiger partial charge in [0.25, 0.3) is 0 Å². The summed E-state index contributed by atoms with van der Waals surface area (Å²) >= 11 is 0. The molecule has 1 aromatic carbocycles. The van der Waals surface area contributed by atoms with Gasteiger partial charge in [-0.05, 0) is 29.5 Å². The van der Waals surface area contributed by atoms with Gasteiger partial charge in [0.15, 0.2) is 0 Å². The van der Waals surface area contributed by atoms with Gasteiger partial charge in [0.1, 0.15) is 11.5 Å². The summed E-state index contributed by atoms with van der Waals surface area (Å²) < 4.78 is 10.5. The summed E-state index contributed by atoms with van der Waals surface area (Å²) in [5, 5.41) is 0. The van der Waals surface area contributed by atoms with E-state index in [1.54, 1.807) is 14.2 Å². The topological polar surface area (TPSA) is 44.5 Å². The van der Waals surface area contributed by atoms with E-state index in [9.17, 15) is 0 Å². The predicted molar refractivity (Wildman–Crippen MR) is 70.5 cm³/mol. The van der Waals surface area contributed by atoms with Crippen molar-refractivity contribution in [1.82, 2.24) is 0 Å². The lowest BCUT2D eigenvalue weighted by molar-refractivity contribution is 0.277. The first-order valence-corrected chi connectivity index (χ1v) is 5.93. The van der Waals surface area contributed by atoms with Crippen LogP contribution in [0.3, 0.4) is 0 Å². The fourth-order valence-corrected chi connectivity index (χ4v) is 1.68. The molecule has 3 nitrogen and oxygen atoms in total. The highest BCUT2D eigenvalue weighted by atomic mass is 16.5. The third kappa shape index (κ3) is 3.13. The molecule has 0 aliphatic heterocycles. The quantitative estimate of drug-likeness (QED) is 0.855. The van der Waals surface area contributed by atoms with E-state index in [0.29, 0.717) is 0 Å². The molecule has 0 heterocycles. The van der Waals surface area contributed by atoms with Crippen LogP contribution >= 0.6 is 0 Å². The summed E-state index contributed by atoms with van der Waals surface area (Å²) in [7, 11) is 3.30. The first kappa shape index (κ1) is 13.8. The lowest BCUT2D eigenvalue weighted by Gasteiger charge is -2.31. The Morgan fingerprint density at radius 3 is 1.94 bits per heavy atom. The molecule has 0 amide bonds. The molecule has 1 unspecified atom stereocenters. The first-order valence-electron chi connectivity index (χ1n) is 5.93. The van der Waals surface area contributed by atoms with E-state index in [2.05, 4.69) is 20.8 Å². The third-order valence-corrected chi connectivity index (χ3v) is 3.49. The zero-order chi connectivity index (χ0) is 13.1. The lowest BCUT2D eigenvalue weighted by Crippen LogP contribution is -2.28. The average molecular weight is 237 g/mol. The van der Waals surface area contributed by atoms with Gasteiger partial charge < -0.3 is 15.2 Å². The SMILES string of the molecule is CCC(C)(C)C(N)c1cc(OC)cc(OC)c1. The Labute approximate surface area is 104 Å². The van der Waals surface area contributed by atoms with Crippen LogP contribution in [-0.4, -0.2) is 14.2 Å². The number of benzene rings is 1. The second kappa shape index (κ2) is 5.41. The molecule has 96 valence electrons. The number of hydrogen-bond donors (Lipinski definition) is 1. The monoisotopic (exact) mass is 237 g/mol. The van der Waals surface area contributed by atoms with Crippen LogP contribution < -0.4 is 15.2 Å². The van der Waals surface area contributed by atoms with Gasteiger partial charge in [0.05, 0.1) is 14.2 Å². The van der Waals surface area contributed by atoms with Crippen molar-refractivity contribution in [3.63, 3.8) is 0 Å². The Kier molecular flexibility index (Phi) is 4.40. The number of nitrogens with two attached hydrogens (primary N) is 1. The Morgan fingerprint density at radius 1 is 1.12 bits per heavy atom. The van der Waals surface area contributed by atoms with Gasteiger partial charge in [-0.2, -0.15) is 0 Å². The minimum absolute atomic E-state index is 0.0310. The van der Waals surface area contributed by atoms with Crippen LogP contribution in [0.15, 0.2) is 18.2 Å². The van der Waals surface area contributed by atoms with Crippen molar-refractivity contribution in [3.8, 4) is 11.5 Å². The lowest BCUT2D eigenvalue weighted by atomic mass is 9.79. The fraction of sp³-hybridized carbons (Fsp3) is 0.571. The standard InChI is InChI=1S/C14H23NO2/c1-6-14(2,3)13(15)10-7-11(16-4)9-12(8-10)17-5/h7-9,13H,6,15H2,1-5H3. The Hall–Kier alpha value is -1.22. The highest BCUT2D eigenvalue weighted by Crippen LogP contribution is 2.37. The minimum atomic E-state index is -0.0310. The maximum Gasteiger partial charge on any atom is 0.122 e. The van der Waals surface area contributed by atoms with Crippen molar-refractivity contribution in [1.29, 1.82) is 0 Å². The van der Waals surface area contributed by atoms with Crippen molar-refractivity contribution >= 4 is 0 Å². The molecule has 0 aliphatic carbocycles. The van der Waals surface area contributed by atoms with Gasteiger partial charge in [-0.1, -0.05) is 20.8 Å². The summed E-state index contributed by atoms with van der Waals surface area (Å²) in [4.78, 5) is 0. The van der Waals surface area contributed by atoms with Crippen molar-refractivity contribution in [3.05, 3.63) is 23.8 Å². The zero-order valence-corrected chi connectivity index (χ0v) is 11.4. The van der Waals surface area contributed by atoms with Crippen LogP contribution in [0.1, 0.15) is 38.8 Å². The van der Waals surface area contributed by atoms with Gasteiger partial charge in [0, 0.05) is 12.1 Å². The largest absolute Gasteiger partial charge is 0.497 e. The summed E-state index contributed by atoms with van der Waals surface area (Å²) in [5.41, 5.74) is 7.42. The number of ether oxygens (including phenoxy) is 2. The normalized spacial score (nSPS) is 13.3. The Morgan fingerprint density at radius 2 is 1.59 bits per heavy atom. The molecule has 0 aliphatic rings. The van der Waals surface area contributed by atoms with Crippen LogP contribution in [0.5, 0.6) is 11.5 Å². The molecule has 1 atom stereocenters. The molecule has 0 bridgehead atoms. The molecule has 0 radical (unpaired) electrons. The summed E-state index contributed by atoms with van der Waals surface area (Å²) in [6.07, 6.45) is 1.02. The van der Waals surface area contributed by atoms with Gasteiger partial charge in [0.2, 0.25) is 0 Å². The zero-order valence-electron chi connectivity index (χ0n) is 11.4.